The van der Waals surface area contributed by atoms with Crippen LogP contribution in [0.2, 0.25) is 0 Å². The Balaban J connectivity index is 1.59. The summed E-state index contributed by atoms with van der Waals surface area (Å²) in [7, 11) is 1.79. The molecule has 1 saturated carbocycles. The van der Waals surface area contributed by atoms with Crippen LogP contribution >= 0.6 is 0 Å². The van der Waals surface area contributed by atoms with Crippen LogP contribution in [0.4, 0.5) is 0 Å². The van der Waals surface area contributed by atoms with E-state index in [2.05, 4.69) is 15.6 Å². The summed E-state index contributed by atoms with van der Waals surface area (Å²) >= 11 is 0. The third-order valence-electron chi connectivity index (χ3n) is 3.29. The van der Waals surface area contributed by atoms with Crippen LogP contribution in [0.3, 0.4) is 0 Å². The molecule has 0 unspecified atom stereocenters. The first-order valence-corrected chi connectivity index (χ1v) is 6.96. The molecular weight excluding hydrogens is 250 g/mol. The van der Waals surface area contributed by atoms with Crippen LogP contribution in [0.25, 0.3) is 11.3 Å². The Morgan fingerprint density at radius 1 is 1.20 bits per heavy atom. The highest BCUT2D eigenvalue weighted by Gasteiger charge is 2.22. The average Bonchev–Trinajstić information content (AvgIpc) is 3.19. The number of furan rings is 1. The summed E-state index contributed by atoms with van der Waals surface area (Å²) in [5.74, 6) is 2.64. The average molecular weight is 269 g/mol. The largest absolute Gasteiger partial charge is 0.459 e. The highest BCUT2D eigenvalue weighted by Crippen LogP contribution is 2.21. The summed E-state index contributed by atoms with van der Waals surface area (Å²) in [4.78, 5) is 4.20. The summed E-state index contributed by atoms with van der Waals surface area (Å²) in [5, 5.41) is 6.61. The third-order valence-corrected chi connectivity index (χ3v) is 3.29. The van der Waals surface area contributed by atoms with Gasteiger partial charge in [-0.25, -0.2) is 0 Å². The molecule has 1 aliphatic rings. The third kappa shape index (κ3) is 3.20. The maximum Gasteiger partial charge on any atom is 0.191 e. The standard InChI is InChI=1S/C16H19N3O/c1-17-16(19-13-7-8-13)18-11-14-9-10-15(20-14)12-5-3-2-4-6-12/h2-6,9-10,13H,7-8,11H2,1H3,(H2,17,18,19). The van der Waals surface area contributed by atoms with E-state index in [9.17, 15) is 0 Å². The van der Waals surface area contributed by atoms with Gasteiger partial charge < -0.3 is 15.1 Å². The number of nitrogens with zero attached hydrogens (tertiary/aromatic N) is 1. The lowest BCUT2D eigenvalue weighted by atomic mass is 10.2. The number of hydrogen-bond acceptors (Lipinski definition) is 2. The van der Waals surface area contributed by atoms with E-state index < -0.39 is 0 Å². The van der Waals surface area contributed by atoms with Crippen molar-refractivity contribution in [3.8, 4) is 11.3 Å². The number of nitrogens with one attached hydrogen (secondary N) is 2. The molecular formula is C16H19N3O. The smallest absolute Gasteiger partial charge is 0.191 e. The zero-order valence-electron chi connectivity index (χ0n) is 11.6. The van der Waals surface area contributed by atoms with Crippen LogP contribution in [0.15, 0.2) is 51.9 Å². The molecule has 1 aromatic heterocycles. The molecule has 2 aromatic rings. The lowest BCUT2D eigenvalue weighted by Gasteiger charge is -2.09. The summed E-state index contributed by atoms with van der Waals surface area (Å²) in [6.45, 7) is 0.638. The topological polar surface area (TPSA) is 49.6 Å². The molecule has 0 amide bonds. The van der Waals surface area contributed by atoms with Gasteiger partial charge >= 0.3 is 0 Å². The quantitative estimate of drug-likeness (QED) is 0.663. The van der Waals surface area contributed by atoms with Crippen molar-refractivity contribution in [2.45, 2.75) is 25.4 Å². The predicted octanol–water partition coefficient (Wildman–Crippen LogP) is 2.77. The molecule has 0 radical (unpaired) electrons. The molecule has 0 bridgehead atoms. The van der Waals surface area contributed by atoms with E-state index in [0.717, 1.165) is 23.0 Å². The minimum Gasteiger partial charge on any atom is -0.459 e. The van der Waals surface area contributed by atoms with Gasteiger partial charge in [-0.05, 0) is 25.0 Å². The lowest BCUT2D eigenvalue weighted by molar-refractivity contribution is 0.513. The molecule has 2 N–H and O–H groups in total. The van der Waals surface area contributed by atoms with Gasteiger partial charge in [0, 0.05) is 18.7 Å². The minimum atomic E-state index is 0.595. The highest BCUT2D eigenvalue weighted by atomic mass is 16.3. The molecule has 1 heterocycles. The molecule has 4 heteroatoms. The van der Waals surface area contributed by atoms with Crippen molar-refractivity contribution in [3.05, 3.63) is 48.2 Å². The van der Waals surface area contributed by atoms with Gasteiger partial charge in [0.25, 0.3) is 0 Å². The molecule has 0 saturated heterocycles. The second-order valence-corrected chi connectivity index (χ2v) is 4.98. The van der Waals surface area contributed by atoms with Crippen molar-refractivity contribution in [2.24, 2.45) is 4.99 Å². The first-order chi connectivity index (χ1) is 9.85. The zero-order chi connectivity index (χ0) is 13.8. The molecule has 1 aromatic carbocycles. The number of rotatable bonds is 4. The van der Waals surface area contributed by atoms with E-state index in [-0.39, 0.29) is 0 Å². The van der Waals surface area contributed by atoms with Crippen molar-refractivity contribution in [1.82, 2.24) is 10.6 Å². The summed E-state index contributed by atoms with van der Waals surface area (Å²) in [6, 6.07) is 14.7. The molecule has 4 nitrogen and oxygen atoms in total. The SMILES string of the molecule is CN=C(NCc1ccc(-c2ccccc2)o1)NC1CC1. The molecule has 0 aliphatic heterocycles. The van der Waals surface area contributed by atoms with Gasteiger partial charge in [0.1, 0.15) is 11.5 Å². The maximum atomic E-state index is 5.84. The van der Waals surface area contributed by atoms with Crippen LogP contribution in [0.5, 0.6) is 0 Å². The van der Waals surface area contributed by atoms with E-state index in [1.807, 2.05) is 42.5 Å². The van der Waals surface area contributed by atoms with Gasteiger partial charge in [-0.15, -0.1) is 0 Å². The van der Waals surface area contributed by atoms with E-state index in [1.54, 1.807) is 7.05 Å². The van der Waals surface area contributed by atoms with Gasteiger partial charge in [0.05, 0.1) is 6.54 Å². The van der Waals surface area contributed by atoms with Crippen molar-refractivity contribution in [1.29, 1.82) is 0 Å². The Morgan fingerprint density at radius 3 is 2.70 bits per heavy atom. The number of hydrogen-bond donors (Lipinski definition) is 2. The van der Waals surface area contributed by atoms with Crippen LogP contribution in [-0.4, -0.2) is 19.0 Å². The Morgan fingerprint density at radius 2 is 2.00 bits per heavy atom. The summed E-state index contributed by atoms with van der Waals surface area (Å²) in [5.41, 5.74) is 1.10. The van der Waals surface area contributed by atoms with Crippen LogP contribution < -0.4 is 10.6 Å². The van der Waals surface area contributed by atoms with Crippen LogP contribution in [-0.2, 0) is 6.54 Å². The number of guanidine groups is 1. The Hall–Kier alpha value is -2.23. The van der Waals surface area contributed by atoms with Crippen LogP contribution in [0.1, 0.15) is 18.6 Å². The number of benzene rings is 1. The lowest BCUT2D eigenvalue weighted by Crippen LogP contribution is -2.37. The van der Waals surface area contributed by atoms with E-state index in [0.29, 0.717) is 12.6 Å². The fourth-order valence-electron chi connectivity index (χ4n) is 2.02. The maximum absolute atomic E-state index is 5.84. The Kier molecular flexibility index (Phi) is 3.72. The number of aliphatic imine (C=N–C) groups is 1. The molecule has 3 rings (SSSR count). The Bertz CT molecular complexity index is 585. The predicted molar refractivity (Wildman–Crippen MR) is 80.5 cm³/mol. The molecule has 1 fully saturated rings. The van der Waals surface area contributed by atoms with Crippen molar-refractivity contribution in [2.75, 3.05) is 7.05 Å². The van der Waals surface area contributed by atoms with E-state index in [4.69, 9.17) is 4.42 Å². The molecule has 20 heavy (non-hydrogen) atoms. The van der Waals surface area contributed by atoms with Crippen molar-refractivity contribution >= 4 is 5.96 Å². The first kappa shape index (κ1) is 12.8. The molecule has 1 aliphatic carbocycles. The first-order valence-electron chi connectivity index (χ1n) is 6.96. The van der Waals surface area contributed by atoms with Gasteiger partial charge in [0.2, 0.25) is 0 Å². The highest BCUT2D eigenvalue weighted by molar-refractivity contribution is 5.80. The van der Waals surface area contributed by atoms with E-state index in [1.165, 1.54) is 12.8 Å². The molecule has 104 valence electrons. The van der Waals surface area contributed by atoms with Gasteiger partial charge in [-0.2, -0.15) is 0 Å². The van der Waals surface area contributed by atoms with Crippen molar-refractivity contribution in [3.63, 3.8) is 0 Å². The van der Waals surface area contributed by atoms with Gasteiger partial charge in [-0.1, -0.05) is 30.3 Å². The molecule has 0 atom stereocenters. The molecule has 0 spiro atoms. The second-order valence-electron chi connectivity index (χ2n) is 4.98. The summed E-state index contributed by atoms with van der Waals surface area (Å²) in [6.07, 6.45) is 2.47. The van der Waals surface area contributed by atoms with Gasteiger partial charge in [0.15, 0.2) is 5.96 Å². The zero-order valence-corrected chi connectivity index (χ0v) is 11.6. The van der Waals surface area contributed by atoms with E-state index >= 15 is 0 Å². The summed E-state index contributed by atoms with van der Waals surface area (Å²) < 4.78 is 5.84. The van der Waals surface area contributed by atoms with Crippen molar-refractivity contribution < 1.29 is 4.42 Å². The minimum absolute atomic E-state index is 0.595. The normalized spacial score (nSPS) is 15.2. The monoisotopic (exact) mass is 269 g/mol. The fourth-order valence-corrected chi connectivity index (χ4v) is 2.02. The second kappa shape index (κ2) is 5.82. The van der Waals surface area contributed by atoms with Gasteiger partial charge in [-0.3, -0.25) is 4.99 Å². The van der Waals surface area contributed by atoms with Crippen LogP contribution in [0, 0.1) is 0 Å². The fraction of sp³-hybridized carbons (Fsp3) is 0.312. The Labute approximate surface area is 118 Å².